The summed E-state index contributed by atoms with van der Waals surface area (Å²) >= 11 is 5.35. The number of aromatic nitrogens is 1. The van der Waals surface area contributed by atoms with E-state index in [9.17, 15) is 0 Å². The zero-order valence-corrected chi connectivity index (χ0v) is 12.5. The lowest BCUT2D eigenvalue weighted by Gasteiger charge is -2.15. The van der Waals surface area contributed by atoms with Crippen molar-refractivity contribution in [1.82, 2.24) is 10.3 Å². The molecule has 0 amide bonds. The minimum Gasteiger partial charge on any atom is -0.307 e. The Morgan fingerprint density at radius 2 is 2.00 bits per heavy atom. The van der Waals surface area contributed by atoms with Crippen LogP contribution in [0.1, 0.15) is 27.2 Å². The van der Waals surface area contributed by atoms with Crippen LogP contribution in [-0.4, -0.2) is 12.0 Å². The summed E-state index contributed by atoms with van der Waals surface area (Å²) in [6.07, 6.45) is 0. The second-order valence-corrected chi connectivity index (χ2v) is 6.03. The largest absolute Gasteiger partial charge is 0.307 e. The Kier molecular flexibility index (Phi) is 3.97. The molecule has 1 unspecified atom stereocenters. The van der Waals surface area contributed by atoms with Gasteiger partial charge in [-0.25, -0.2) is 4.98 Å². The van der Waals surface area contributed by atoms with Gasteiger partial charge in [0.25, 0.3) is 0 Å². The highest BCUT2D eigenvalue weighted by atomic mass is 79.9. The van der Waals surface area contributed by atoms with Gasteiger partial charge in [0.1, 0.15) is 5.01 Å². The van der Waals surface area contributed by atoms with Crippen molar-refractivity contribution < 1.29 is 0 Å². The molecule has 0 fully saturated rings. The van der Waals surface area contributed by atoms with Crippen LogP contribution in [0, 0.1) is 13.8 Å². The van der Waals surface area contributed by atoms with E-state index in [-0.39, 0.29) is 6.04 Å². The van der Waals surface area contributed by atoms with Crippen molar-refractivity contribution in [2.45, 2.75) is 19.9 Å². The number of nitrogens with zero attached hydrogens (tertiary/aromatic N) is 1. The fourth-order valence-corrected chi connectivity index (χ4v) is 3.31. The lowest BCUT2D eigenvalue weighted by molar-refractivity contribution is 0.682. The molecule has 2 aromatic rings. The molecule has 0 spiro atoms. The Morgan fingerprint density at radius 1 is 1.29 bits per heavy atom. The molecule has 1 aromatic carbocycles. The molecular formula is C13H15BrN2S. The third kappa shape index (κ3) is 2.59. The van der Waals surface area contributed by atoms with Crippen LogP contribution >= 0.6 is 27.3 Å². The predicted molar refractivity (Wildman–Crippen MR) is 76.6 cm³/mol. The zero-order valence-electron chi connectivity index (χ0n) is 10.1. The molecule has 0 aliphatic rings. The summed E-state index contributed by atoms with van der Waals surface area (Å²) in [5, 5.41) is 4.45. The van der Waals surface area contributed by atoms with E-state index in [0.29, 0.717) is 0 Å². The van der Waals surface area contributed by atoms with E-state index < -0.39 is 0 Å². The third-order valence-corrected chi connectivity index (χ3v) is 4.66. The number of benzene rings is 1. The van der Waals surface area contributed by atoms with Crippen molar-refractivity contribution in [3.63, 3.8) is 0 Å². The topological polar surface area (TPSA) is 24.9 Å². The van der Waals surface area contributed by atoms with Gasteiger partial charge in [-0.15, -0.1) is 11.3 Å². The molecule has 0 saturated carbocycles. The molecule has 4 heteroatoms. The van der Waals surface area contributed by atoms with Crippen molar-refractivity contribution in [2.24, 2.45) is 0 Å². The minimum absolute atomic E-state index is 0.156. The van der Waals surface area contributed by atoms with Crippen LogP contribution in [0.5, 0.6) is 0 Å². The zero-order chi connectivity index (χ0) is 12.4. The number of halogens is 1. The van der Waals surface area contributed by atoms with Crippen molar-refractivity contribution in [3.8, 4) is 0 Å². The van der Waals surface area contributed by atoms with E-state index in [4.69, 9.17) is 0 Å². The molecule has 0 saturated heterocycles. The van der Waals surface area contributed by atoms with E-state index in [0.717, 1.165) is 15.2 Å². The molecule has 0 bridgehead atoms. The van der Waals surface area contributed by atoms with Crippen molar-refractivity contribution >= 4 is 27.3 Å². The van der Waals surface area contributed by atoms with Crippen molar-refractivity contribution in [3.05, 3.63) is 49.9 Å². The summed E-state index contributed by atoms with van der Waals surface area (Å²) in [5.41, 5.74) is 2.35. The normalized spacial score (nSPS) is 12.7. The first kappa shape index (κ1) is 12.7. The maximum Gasteiger partial charge on any atom is 0.115 e. The standard InChI is InChI=1S/C13H15BrN2S/c1-8-9(2)17-13(16-8)12(15-3)10-6-4-5-7-11(10)14/h4-7,12,15H,1-3H3. The second-order valence-electron chi connectivity index (χ2n) is 3.94. The fraction of sp³-hybridized carbons (Fsp3) is 0.308. The van der Waals surface area contributed by atoms with Gasteiger partial charge >= 0.3 is 0 Å². The lowest BCUT2D eigenvalue weighted by atomic mass is 10.1. The Morgan fingerprint density at radius 3 is 2.53 bits per heavy atom. The molecule has 0 aliphatic carbocycles. The number of thiazole rings is 1. The van der Waals surface area contributed by atoms with Gasteiger partial charge in [0, 0.05) is 9.35 Å². The number of hydrogen-bond acceptors (Lipinski definition) is 3. The van der Waals surface area contributed by atoms with Gasteiger partial charge in [-0.2, -0.15) is 0 Å². The molecule has 1 heterocycles. The Bertz CT molecular complexity index is 502. The second kappa shape index (κ2) is 5.29. The molecule has 1 aromatic heterocycles. The number of hydrogen-bond donors (Lipinski definition) is 1. The molecule has 2 nitrogen and oxygen atoms in total. The molecule has 90 valence electrons. The maximum atomic E-state index is 4.63. The smallest absolute Gasteiger partial charge is 0.115 e. The number of aryl methyl sites for hydroxylation is 2. The SMILES string of the molecule is CNC(c1nc(C)c(C)s1)c1ccccc1Br. The fourth-order valence-electron chi connectivity index (χ4n) is 1.74. The van der Waals surface area contributed by atoms with E-state index in [1.54, 1.807) is 11.3 Å². The first-order valence-electron chi connectivity index (χ1n) is 5.49. The monoisotopic (exact) mass is 310 g/mol. The highest BCUT2D eigenvalue weighted by Gasteiger charge is 2.18. The van der Waals surface area contributed by atoms with E-state index >= 15 is 0 Å². The van der Waals surface area contributed by atoms with E-state index in [2.05, 4.69) is 58.3 Å². The molecule has 0 radical (unpaired) electrons. The average molecular weight is 311 g/mol. The van der Waals surface area contributed by atoms with Gasteiger partial charge in [0.05, 0.1) is 11.7 Å². The lowest BCUT2D eigenvalue weighted by Crippen LogP contribution is -2.17. The van der Waals surface area contributed by atoms with Crippen LogP contribution in [-0.2, 0) is 0 Å². The summed E-state index contributed by atoms with van der Waals surface area (Å²) in [4.78, 5) is 5.92. The van der Waals surface area contributed by atoms with Crippen molar-refractivity contribution in [1.29, 1.82) is 0 Å². The van der Waals surface area contributed by atoms with Crippen LogP contribution < -0.4 is 5.32 Å². The molecule has 0 aliphatic heterocycles. The van der Waals surface area contributed by atoms with Gasteiger partial charge in [-0.05, 0) is 32.5 Å². The Labute approximate surface area is 114 Å². The minimum atomic E-state index is 0.156. The molecule has 2 rings (SSSR count). The Hall–Kier alpha value is -0.710. The van der Waals surface area contributed by atoms with Crippen molar-refractivity contribution in [2.75, 3.05) is 7.05 Å². The summed E-state index contributed by atoms with van der Waals surface area (Å²) in [7, 11) is 1.97. The van der Waals surface area contributed by atoms with Gasteiger partial charge in [0.15, 0.2) is 0 Å². The molecule has 17 heavy (non-hydrogen) atoms. The van der Waals surface area contributed by atoms with Crippen LogP contribution in [0.2, 0.25) is 0 Å². The van der Waals surface area contributed by atoms with Crippen LogP contribution in [0.3, 0.4) is 0 Å². The highest BCUT2D eigenvalue weighted by molar-refractivity contribution is 9.10. The molecular weight excluding hydrogens is 296 g/mol. The van der Waals surface area contributed by atoms with Crippen LogP contribution in [0.25, 0.3) is 0 Å². The average Bonchev–Trinajstić information content (AvgIpc) is 2.63. The summed E-state index contributed by atoms with van der Waals surface area (Å²) < 4.78 is 1.12. The van der Waals surface area contributed by atoms with Gasteiger partial charge < -0.3 is 5.32 Å². The highest BCUT2D eigenvalue weighted by Crippen LogP contribution is 2.31. The predicted octanol–water partition coefficient (Wildman–Crippen LogP) is 3.83. The van der Waals surface area contributed by atoms with Gasteiger partial charge in [-0.3, -0.25) is 0 Å². The summed E-state index contributed by atoms with van der Waals surface area (Å²) in [6, 6.07) is 8.42. The number of nitrogens with one attached hydrogen (secondary N) is 1. The molecule has 1 atom stereocenters. The Balaban J connectivity index is 2.44. The van der Waals surface area contributed by atoms with Gasteiger partial charge in [-0.1, -0.05) is 34.1 Å². The first-order valence-corrected chi connectivity index (χ1v) is 7.10. The molecule has 1 N–H and O–H groups in total. The summed E-state index contributed by atoms with van der Waals surface area (Å²) in [5.74, 6) is 0. The van der Waals surface area contributed by atoms with Crippen LogP contribution in [0.15, 0.2) is 28.7 Å². The van der Waals surface area contributed by atoms with Gasteiger partial charge in [0.2, 0.25) is 0 Å². The van der Waals surface area contributed by atoms with E-state index in [1.807, 2.05) is 13.1 Å². The van der Waals surface area contributed by atoms with Crippen LogP contribution in [0.4, 0.5) is 0 Å². The first-order chi connectivity index (χ1) is 8.13. The quantitative estimate of drug-likeness (QED) is 0.932. The third-order valence-electron chi connectivity index (χ3n) is 2.80. The maximum absolute atomic E-state index is 4.63. The number of rotatable bonds is 3. The van der Waals surface area contributed by atoms with E-state index in [1.165, 1.54) is 10.4 Å². The summed E-state index contributed by atoms with van der Waals surface area (Å²) in [6.45, 7) is 4.17.